The molecule has 2 aromatic rings. The van der Waals surface area contributed by atoms with E-state index in [2.05, 4.69) is 10.3 Å². The fraction of sp³-hybridized carbons (Fsp3) is 0.292. The van der Waals surface area contributed by atoms with E-state index in [1.54, 1.807) is 24.3 Å². The molecule has 2 amide bonds. The van der Waals surface area contributed by atoms with Crippen LogP contribution in [0.1, 0.15) is 35.2 Å². The predicted molar refractivity (Wildman–Crippen MR) is 131 cm³/mol. The highest BCUT2D eigenvalue weighted by atomic mass is 16.6. The number of benzene rings is 2. The first-order chi connectivity index (χ1) is 17.6. The largest absolute Gasteiger partial charge is 0.492 e. The highest BCUT2D eigenvalue weighted by Gasteiger charge is 2.23. The average Bonchev–Trinajstić information content (AvgIpc) is 2.85. The van der Waals surface area contributed by atoms with Crippen molar-refractivity contribution in [1.82, 2.24) is 5.32 Å². The summed E-state index contributed by atoms with van der Waals surface area (Å²) in [6.07, 6.45) is 0.156. The van der Waals surface area contributed by atoms with E-state index >= 15 is 0 Å². The first-order valence-electron chi connectivity index (χ1n) is 11.3. The predicted octanol–water partition coefficient (Wildman–Crippen LogP) is 0.349. The van der Waals surface area contributed by atoms with Crippen molar-refractivity contribution < 1.29 is 38.5 Å². The zero-order chi connectivity index (χ0) is 26.9. The number of ether oxygens (including phenoxy) is 3. The molecular formula is C24H27N5O8. The molecule has 0 aliphatic carbocycles. The van der Waals surface area contributed by atoms with E-state index in [1.807, 2.05) is 0 Å². The minimum Gasteiger partial charge on any atom is -0.492 e. The van der Waals surface area contributed by atoms with Crippen LogP contribution in [-0.4, -0.2) is 54.1 Å². The number of nitrogens with zero attached hydrogens (tertiary/aromatic N) is 1. The molecular weight excluding hydrogens is 486 g/mol. The first kappa shape index (κ1) is 26.8. The van der Waals surface area contributed by atoms with Crippen molar-refractivity contribution in [2.24, 2.45) is 22.2 Å². The number of guanidine groups is 1. The van der Waals surface area contributed by atoms with Gasteiger partial charge in [-0.15, -0.1) is 0 Å². The number of aliphatic imine (C=N–C) groups is 1. The Hall–Kier alpha value is -4.81. The van der Waals surface area contributed by atoms with Crippen molar-refractivity contribution in [2.45, 2.75) is 31.7 Å². The van der Waals surface area contributed by atoms with Gasteiger partial charge in [-0.2, -0.15) is 0 Å². The van der Waals surface area contributed by atoms with Gasteiger partial charge in [-0.25, -0.2) is 14.6 Å². The molecule has 0 spiro atoms. The lowest BCUT2D eigenvalue weighted by atomic mass is 10.1. The number of carboxylic acid groups (broad SMARTS) is 1. The number of fused-ring (bicyclic) bond motifs is 2. The Morgan fingerprint density at radius 3 is 2.41 bits per heavy atom. The van der Waals surface area contributed by atoms with Gasteiger partial charge >= 0.3 is 11.9 Å². The molecule has 1 unspecified atom stereocenters. The molecule has 1 aliphatic rings. The summed E-state index contributed by atoms with van der Waals surface area (Å²) in [6.45, 7) is 0.502. The Bertz CT molecular complexity index is 1230. The molecule has 37 heavy (non-hydrogen) atoms. The van der Waals surface area contributed by atoms with Crippen LogP contribution in [0.5, 0.6) is 17.2 Å². The highest BCUT2D eigenvalue weighted by Crippen LogP contribution is 2.33. The third-order valence-electron chi connectivity index (χ3n) is 5.14. The van der Waals surface area contributed by atoms with E-state index in [9.17, 15) is 19.2 Å². The van der Waals surface area contributed by atoms with Crippen LogP contribution in [0.3, 0.4) is 0 Å². The molecule has 0 fully saturated rings. The van der Waals surface area contributed by atoms with E-state index in [4.69, 9.17) is 36.5 Å². The molecule has 0 bridgehead atoms. The van der Waals surface area contributed by atoms with Gasteiger partial charge in [0.2, 0.25) is 11.8 Å². The summed E-state index contributed by atoms with van der Waals surface area (Å²) < 4.78 is 17.1. The number of hydrogen-bond donors (Lipinski definition) is 5. The van der Waals surface area contributed by atoms with Crippen molar-refractivity contribution >= 4 is 35.4 Å². The molecule has 0 radical (unpaired) electrons. The molecule has 0 saturated heterocycles. The summed E-state index contributed by atoms with van der Waals surface area (Å²) in [4.78, 5) is 51.3. The maximum absolute atomic E-state index is 12.9. The van der Waals surface area contributed by atoms with Crippen LogP contribution >= 0.6 is 0 Å². The van der Waals surface area contributed by atoms with Gasteiger partial charge in [-0.05, 0) is 36.2 Å². The van der Waals surface area contributed by atoms with Crippen molar-refractivity contribution in [3.8, 4) is 17.2 Å². The molecule has 8 N–H and O–H groups in total. The van der Waals surface area contributed by atoms with Crippen LogP contribution in [-0.2, 0) is 20.8 Å². The van der Waals surface area contributed by atoms with Gasteiger partial charge in [-0.3, -0.25) is 9.59 Å². The molecule has 1 atom stereocenters. The topological polar surface area (TPSA) is 219 Å². The number of aryl methyl sites for hydroxylation is 1. The summed E-state index contributed by atoms with van der Waals surface area (Å²) in [5.41, 5.74) is 17.1. The zero-order valence-corrected chi connectivity index (χ0v) is 19.8. The maximum atomic E-state index is 12.9. The maximum Gasteiger partial charge on any atom is 0.347 e. The standard InChI is InChI=1S/C24H27N5O8/c25-20(30)12-16(22(32)33)29-21(31)7-3-13-2-6-17-19(10-13)36-9-1-8-35-18-11-14(28-24(26)27)4-5-15(18)23(34)37-17/h2,4-6,10-11,16H,1,3,7-9,12H2,(H2,25,30)(H,29,31)(H,32,33)(H4,26,27,28). The lowest BCUT2D eigenvalue weighted by Crippen LogP contribution is -2.43. The molecule has 196 valence electrons. The minimum atomic E-state index is -1.40. The van der Waals surface area contributed by atoms with Crippen molar-refractivity contribution in [3.05, 3.63) is 47.5 Å². The molecule has 1 aliphatic heterocycles. The van der Waals surface area contributed by atoms with Gasteiger partial charge < -0.3 is 41.8 Å². The quantitative estimate of drug-likeness (QED) is 0.141. The van der Waals surface area contributed by atoms with Gasteiger partial charge in [0.05, 0.1) is 25.3 Å². The van der Waals surface area contributed by atoms with Crippen LogP contribution in [0.4, 0.5) is 5.69 Å². The molecule has 2 aromatic carbocycles. The first-order valence-corrected chi connectivity index (χ1v) is 11.3. The number of carboxylic acids is 1. The molecule has 0 saturated carbocycles. The van der Waals surface area contributed by atoms with E-state index in [1.165, 1.54) is 12.1 Å². The van der Waals surface area contributed by atoms with Crippen molar-refractivity contribution in [1.29, 1.82) is 0 Å². The number of rotatable bonds is 8. The fourth-order valence-electron chi connectivity index (χ4n) is 3.43. The summed E-state index contributed by atoms with van der Waals surface area (Å²) in [5.74, 6) is -2.85. The SMILES string of the molecule is NC(=O)CC(NC(=O)CCc1ccc2c(c1)OCCCOc1cc(N=C(N)N)ccc1C(=O)O2)C(=O)O. The van der Waals surface area contributed by atoms with Gasteiger partial charge in [-0.1, -0.05) is 6.07 Å². The lowest BCUT2D eigenvalue weighted by Gasteiger charge is -2.14. The monoisotopic (exact) mass is 513 g/mol. The van der Waals surface area contributed by atoms with Gasteiger partial charge in [0, 0.05) is 18.9 Å². The van der Waals surface area contributed by atoms with Crippen LogP contribution in [0.15, 0.2) is 41.4 Å². The van der Waals surface area contributed by atoms with E-state index < -0.39 is 36.2 Å². The third-order valence-corrected chi connectivity index (χ3v) is 5.14. The van der Waals surface area contributed by atoms with Crippen LogP contribution in [0.25, 0.3) is 0 Å². The Kier molecular flexibility index (Phi) is 8.86. The van der Waals surface area contributed by atoms with Gasteiger partial charge in [0.15, 0.2) is 17.5 Å². The third kappa shape index (κ3) is 7.85. The molecule has 0 aromatic heterocycles. The Labute approximate surface area is 211 Å². The summed E-state index contributed by atoms with van der Waals surface area (Å²) in [6, 6.07) is 8.00. The number of esters is 1. The lowest BCUT2D eigenvalue weighted by molar-refractivity contribution is -0.143. The Morgan fingerprint density at radius 2 is 1.73 bits per heavy atom. The molecule has 3 rings (SSSR count). The molecule has 13 nitrogen and oxygen atoms in total. The van der Waals surface area contributed by atoms with Crippen molar-refractivity contribution in [2.75, 3.05) is 13.2 Å². The summed E-state index contributed by atoms with van der Waals surface area (Å²) in [7, 11) is 0. The van der Waals surface area contributed by atoms with E-state index in [0.29, 0.717) is 23.4 Å². The normalized spacial score (nSPS) is 13.7. The number of amides is 2. The van der Waals surface area contributed by atoms with Gasteiger partial charge in [0.1, 0.15) is 17.4 Å². The van der Waals surface area contributed by atoms with Crippen molar-refractivity contribution in [3.63, 3.8) is 0 Å². The number of primary amides is 1. The molecule has 1 heterocycles. The minimum absolute atomic E-state index is 0.0551. The number of nitrogens with one attached hydrogen (secondary N) is 1. The number of hydrogen-bond acceptors (Lipinski definition) is 8. The van der Waals surface area contributed by atoms with Crippen LogP contribution in [0.2, 0.25) is 0 Å². The second-order valence-electron chi connectivity index (χ2n) is 8.07. The smallest absolute Gasteiger partial charge is 0.347 e. The second kappa shape index (κ2) is 12.2. The number of carbonyl (C=O) groups excluding carboxylic acids is 3. The number of nitrogens with two attached hydrogens (primary N) is 3. The van der Waals surface area contributed by atoms with E-state index in [0.717, 1.165) is 0 Å². The fourth-order valence-corrected chi connectivity index (χ4v) is 3.43. The number of carbonyl (C=O) groups is 4. The number of aliphatic carboxylic acids is 1. The summed E-state index contributed by atoms with van der Waals surface area (Å²) >= 11 is 0. The van der Waals surface area contributed by atoms with Gasteiger partial charge in [0.25, 0.3) is 0 Å². The van der Waals surface area contributed by atoms with Crippen LogP contribution in [0, 0.1) is 0 Å². The second-order valence-corrected chi connectivity index (χ2v) is 8.07. The van der Waals surface area contributed by atoms with E-state index in [-0.39, 0.29) is 49.1 Å². The Morgan fingerprint density at radius 1 is 1.00 bits per heavy atom. The zero-order valence-electron chi connectivity index (χ0n) is 19.8. The average molecular weight is 514 g/mol. The highest BCUT2D eigenvalue weighted by molar-refractivity contribution is 5.95. The van der Waals surface area contributed by atoms with Crippen LogP contribution < -0.4 is 36.7 Å². The summed E-state index contributed by atoms with van der Waals surface area (Å²) in [5, 5.41) is 11.4. The Balaban J connectivity index is 1.73. The molecule has 13 heteroatoms.